The molecule has 5 nitrogen and oxygen atoms in total. The number of nitrogens with zero attached hydrogens (tertiary/aromatic N) is 1. The maximum Gasteiger partial charge on any atom is 0.410 e. The fourth-order valence-electron chi connectivity index (χ4n) is 4.25. The third-order valence-corrected chi connectivity index (χ3v) is 5.22. The van der Waals surface area contributed by atoms with E-state index in [0.29, 0.717) is 24.2 Å². The molecule has 2 heterocycles. The van der Waals surface area contributed by atoms with Crippen molar-refractivity contribution in [2.75, 3.05) is 0 Å². The van der Waals surface area contributed by atoms with Crippen LogP contribution in [-0.4, -0.2) is 40.6 Å². The van der Waals surface area contributed by atoms with E-state index < -0.39 is 5.60 Å². The Bertz CT molecular complexity index is 693. The molecule has 0 spiro atoms. The highest BCUT2D eigenvalue weighted by Crippen LogP contribution is 2.41. The third-order valence-electron chi connectivity index (χ3n) is 5.22. The molecule has 2 unspecified atom stereocenters. The molecule has 2 aliphatic heterocycles. The summed E-state index contributed by atoms with van der Waals surface area (Å²) in [6.45, 7) is 9.57. The SMILES string of the molecule is CC(C)Oc1ccccc1C(=O)C1CC2CCC(C1)N2C(=O)OC(C)(C)C. The Labute approximate surface area is 162 Å². The van der Waals surface area contributed by atoms with E-state index >= 15 is 0 Å². The van der Waals surface area contributed by atoms with Gasteiger partial charge in [0.25, 0.3) is 0 Å². The predicted octanol–water partition coefficient (Wildman–Crippen LogP) is 4.83. The second-order valence-corrected chi connectivity index (χ2v) is 8.97. The van der Waals surface area contributed by atoms with Gasteiger partial charge < -0.3 is 14.4 Å². The fourth-order valence-corrected chi connectivity index (χ4v) is 4.25. The van der Waals surface area contributed by atoms with E-state index in [-0.39, 0.29) is 36.0 Å². The molecule has 2 saturated heterocycles. The average Bonchev–Trinajstić information content (AvgIpc) is 2.83. The van der Waals surface area contributed by atoms with Gasteiger partial charge in [0.05, 0.1) is 11.7 Å². The molecule has 5 heteroatoms. The van der Waals surface area contributed by atoms with Crippen molar-refractivity contribution in [2.24, 2.45) is 5.92 Å². The first kappa shape index (κ1) is 19.7. The number of amides is 1. The zero-order valence-electron chi connectivity index (χ0n) is 17.0. The summed E-state index contributed by atoms with van der Waals surface area (Å²) in [6.07, 6.45) is 3.05. The molecule has 1 aromatic carbocycles. The van der Waals surface area contributed by atoms with Crippen molar-refractivity contribution in [2.45, 2.75) is 84.1 Å². The molecule has 2 atom stereocenters. The van der Waals surface area contributed by atoms with Crippen LogP contribution in [0.3, 0.4) is 0 Å². The van der Waals surface area contributed by atoms with E-state index in [2.05, 4.69) is 0 Å². The van der Waals surface area contributed by atoms with E-state index in [1.165, 1.54) is 0 Å². The molecular formula is C22H31NO4. The molecule has 1 amide bonds. The topological polar surface area (TPSA) is 55.8 Å². The van der Waals surface area contributed by atoms with E-state index in [0.717, 1.165) is 12.8 Å². The maximum atomic E-state index is 13.2. The summed E-state index contributed by atoms with van der Waals surface area (Å²) in [5, 5.41) is 0. The molecule has 0 saturated carbocycles. The van der Waals surface area contributed by atoms with Gasteiger partial charge in [-0.15, -0.1) is 0 Å². The van der Waals surface area contributed by atoms with Gasteiger partial charge in [-0.05, 0) is 72.4 Å². The number of ketones is 1. The number of ether oxygens (including phenoxy) is 2. The molecule has 0 aromatic heterocycles. The lowest BCUT2D eigenvalue weighted by Gasteiger charge is -2.39. The van der Waals surface area contributed by atoms with Crippen molar-refractivity contribution in [3.8, 4) is 5.75 Å². The predicted molar refractivity (Wildman–Crippen MR) is 104 cm³/mol. The summed E-state index contributed by atoms with van der Waals surface area (Å²) < 4.78 is 11.4. The highest BCUT2D eigenvalue weighted by Gasteiger charge is 2.46. The molecule has 0 N–H and O–H groups in total. The minimum atomic E-state index is -0.504. The molecular weight excluding hydrogens is 342 g/mol. The zero-order chi connectivity index (χ0) is 19.8. The second kappa shape index (κ2) is 7.53. The van der Waals surface area contributed by atoms with Crippen molar-refractivity contribution in [3.63, 3.8) is 0 Å². The molecule has 0 aliphatic carbocycles. The molecule has 2 bridgehead atoms. The van der Waals surface area contributed by atoms with Crippen molar-refractivity contribution in [1.82, 2.24) is 4.90 Å². The summed E-state index contributed by atoms with van der Waals surface area (Å²) in [4.78, 5) is 27.7. The molecule has 1 aromatic rings. The first-order valence-electron chi connectivity index (χ1n) is 9.97. The van der Waals surface area contributed by atoms with Gasteiger partial charge in [-0.1, -0.05) is 12.1 Å². The Morgan fingerprint density at radius 2 is 1.67 bits per heavy atom. The molecule has 27 heavy (non-hydrogen) atoms. The summed E-state index contributed by atoms with van der Waals surface area (Å²) >= 11 is 0. The van der Waals surface area contributed by atoms with Crippen LogP contribution in [0.25, 0.3) is 0 Å². The summed E-state index contributed by atoms with van der Waals surface area (Å²) in [6, 6.07) is 7.66. The van der Waals surface area contributed by atoms with Crippen LogP contribution in [0.15, 0.2) is 24.3 Å². The van der Waals surface area contributed by atoms with E-state index in [9.17, 15) is 9.59 Å². The zero-order valence-corrected chi connectivity index (χ0v) is 17.0. The lowest BCUT2D eigenvalue weighted by Crippen LogP contribution is -2.49. The molecule has 3 rings (SSSR count). The van der Waals surface area contributed by atoms with E-state index in [1.54, 1.807) is 0 Å². The van der Waals surface area contributed by atoms with Gasteiger partial charge in [0.1, 0.15) is 11.4 Å². The number of Topliss-reactive ketones (excluding diaryl/α,β-unsaturated/α-hetero) is 1. The van der Waals surface area contributed by atoms with E-state index in [1.807, 2.05) is 63.8 Å². The van der Waals surface area contributed by atoms with Crippen molar-refractivity contribution < 1.29 is 19.1 Å². The largest absolute Gasteiger partial charge is 0.490 e. The minimum Gasteiger partial charge on any atom is -0.490 e. The molecule has 2 fully saturated rings. The number of hydrogen-bond acceptors (Lipinski definition) is 4. The first-order valence-corrected chi connectivity index (χ1v) is 9.97. The van der Waals surface area contributed by atoms with Crippen molar-refractivity contribution in [1.29, 1.82) is 0 Å². The highest BCUT2D eigenvalue weighted by molar-refractivity contribution is 6.00. The quantitative estimate of drug-likeness (QED) is 0.709. The lowest BCUT2D eigenvalue weighted by molar-refractivity contribution is 0.00250. The average molecular weight is 373 g/mol. The van der Waals surface area contributed by atoms with Gasteiger partial charge in [0, 0.05) is 18.0 Å². The first-order chi connectivity index (χ1) is 12.7. The monoisotopic (exact) mass is 373 g/mol. The minimum absolute atomic E-state index is 0.0177. The second-order valence-electron chi connectivity index (χ2n) is 8.97. The fraction of sp³-hybridized carbons (Fsp3) is 0.636. The van der Waals surface area contributed by atoms with Gasteiger partial charge in [0.2, 0.25) is 0 Å². The number of piperidine rings is 1. The van der Waals surface area contributed by atoms with Crippen LogP contribution in [0.5, 0.6) is 5.75 Å². The summed E-state index contributed by atoms with van der Waals surface area (Å²) in [5.41, 5.74) is 0.150. The van der Waals surface area contributed by atoms with Crippen molar-refractivity contribution >= 4 is 11.9 Å². The normalized spacial score (nSPS) is 24.8. The van der Waals surface area contributed by atoms with Gasteiger partial charge in [-0.3, -0.25) is 4.79 Å². The number of para-hydroxylation sites is 1. The number of rotatable bonds is 4. The summed E-state index contributed by atoms with van der Waals surface area (Å²) in [7, 11) is 0. The van der Waals surface area contributed by atoms with Crippen LogP contribution in [-0.2, 0) is 4.74 Å². The van der Waals surface area contributed by atoms with Crippen LogP contribution in [0.2, 0.25) is 0 Å². The van der Waals surface area contributed by atoms with Gasteiger partial charge in [-0.2, -0.15) is 0 Å². The Morgan fingerprint density at radius 3 is 2.22 bits per heavy atom. The molecule has 148 valence electrons. The van der Waals surface area contributed by atoms with Gasteiger partial charge >= 0.3 is 6.09 Å². The van der Waals surface area contributed by atoms with Crippen LogP contribution in [0.1, 0.15) is 70.7 Å². The molecule has 2 aliphatic rings. The Hall–Kier alpha value is -2.04. The number of fused-ring (bicyclic) bond motifs is 2. The smallest absolute Gasteiger partial charge is 0.410 e. The third kappa shape index (κ3) is 4.45. The number of benzene rings is 1. The van der Waals surface area contributed by atoms with Crippen molar-refractivity contribution in [3.05, 3.63) is 29.8 Å². The Kier molecular flexibility index (Phi) is 5.50. The van der Waals surface area contributed by atoms with Gasteiger partial charge in [0.15, 0.2) is 5.78 Å². The maximum absolute atomic E-state index is 13.2. The van der Waals surface area contributed by atoms with E-state index in [4.69, 9.17) is 9.47 Å². The Morgan fingerprint density at radius 1 is 1.07 bits per heavy atom. The number of carbonyl (C=O) groups excluding carboxylic acids is 2. The number of carbonyl (C=O) groups is 2. The number of hydrogen-bond donors (Lipinski definition) is 0. The highest BCUT2D eigenvalue weighted by atomic mass is 16.6. The van der Waals surface area contributed by atoms with Gasteiger partial charge in [-0.25, -0.2) is 4.79 Å². The summed E-state index contributed by atoms with van der Waals surface area (Å²) in [5.74, 6) is 0.713. The Balaban J connectivity index is 1.73. The lowest BCUT2D eigenvalue weighted by atomic mass is 9.84. The molecule has 0 radical (unpaired) electrons. The van der Waals surface area contributed by atoms with Crippen LogP contribution < -0.4 is 4.74 Å². The van der Waals surface area contributed by atoms with Crippen LogP contribution in [0, 0.1) is 5.92 Å². The standard InChI is InChI=1S/C22H31NO4/c1-14(2)26-19-9-7-6-8-18(19)20(24)15-12-16-10-11-17(13-15)23(16)21(25)27-22(3,4)5/h6-9,14-17H,10-13H2,1-5H3. The van der Waals surface area contributed by atoms with Crippen LogP contribution >= 0.6 is 0 Å². The van der Waals surface area contributed by atoms with Crippen LogP contribution in [0.4, 0.5) is 4.79 Å².